The Hall–Kier alpha value is -3.43. The van der Waals surface area contributed by atoms with E-state index >= 15 is 0 Å². The summed E-state index contributed by atoms with van der Waals surface area (Å²) in [7, 11) is 0. The van der Waals surface area contributed by atoms with E-state index in [1.807, 2.05) is 0 Å². The zero-order valence-electron chi connectivity index (χ0n) is 13.0. The first-order valence-corrected chi connectivity index (χ1v) is 7.25. The minimum atomic E-state index is -1.24. The molecule has 2 aromatic rings. The number of hydrogen-bond donors (Lipinski definition) is 5. The fourth-order valence-corrected chi connectivity index (χ4v) is 2.04. The number of nitrogens with zero attached hydrogens (tertiary/aromatic N) is 1. The Kier molecular flexibility index (Phi) is 5.66. The Bertz CT molecular complexity index is 753. The van der Waals surface area contributed by atoms with Crippen LogP contribution in [0.5, 0.6) is 0 Å². The van der Waals surface area contributed by atoms with Gasteiger partial charge in [0.2, 0.25) is 11.8 Å². The molecule has 2 heterocycles. The van der Waals surface area contributed by atoms with E-state index < -0.39 is 17.9 Å². The van der Waals surface area contributed by atoms with Gasteiger partial charge in [-0.05, 0) is 30.7 Å². The van der Waals surface area contributed by atoms with Gasteiger partial charge in [-0.3, -0.25) is 14.7 Å². The van der Waals surface area contributed by atoms with Crippen LogP contribution in [0.2, 0.25) is 0 Å². The SMILES string of the molecule is Nc1ccc(F)cc1.O=C1CCC(C(=O)Nc2c[nH]nc2C(=O)O)N1. The summed E-state index contributed by atoms with van der Waals surface area (Å²) in [6.45, 7) is 0. The molecule has 0 radical (unpaired) electrons. The summed E-state index contributed by atoms with van der Waals surface area (Å²) in [4.78, 5) is 33.3. The Labute approximate surface area is 141 Å². The van der Waals surface area contributed by atoms with Crippen LogP contribution in [0.25, 0.3) is 0 Å². The molecule has 25 heavy (non-hydrogen) atoms. The van der Waals surface area contributed by atoms with E-state index in [1.165, 1.54) is 30.5 Å². The lowest BCUT2D eigenvalue weighted by molar-refractivity contribution is -0.122. The number of rotatable bonds is 3. The number of carbonyl (C=O) groups is 3. The zero-order chi connectivity index (χ0) is 18.4. The van der Waals surface area contributed by atoms with E-state index in [4.69, 9.17) is 10.8 Å². The molecule has 1 atom stereocenters. The van der Waals surface area contributed by atoms with E-state index in [9.17, 15) is 18.8 Å². The van der Waals surface area contributed by atoms with Crippen LogP contribution in [0.15, 0.2) is 30.5 Å². The summed E-state index contributed by atoms with van der Waals surface area (Å²) in [5.74, 6) is -2.12. The van der Waals surface area contributed by atoms with Crippen molar-refractivity contribution >= 4 is 29.2 Å². The van der Waals surface area contributed by atoms with Gasteiger partial charge in [0, 0.05) is 18.3 Å². The molecule has 0 bridgehead atoms. The Morgan fingerprint density at radius 3 is 2.52 bits per heavy atom. The van der Waals surface area contributed by atoms with Crippen LogP contribution in [-0.4, -0.2) is 39.1 Å². The van der Waals surface area contributed by atoms with Crippen molar-refractivity contribution in [3.8, 4) is 0 Å². The summed E-state index contributed by atoms with van der Waals surface area (Å²) < 4.78 is 12.0. The quantitative estimate of drug-likeness (QED) is 0.516. The van der Waals surface area contributed by atoms with Crippen molar-refractivity contribution in [2.24, 2.45) is 0 Å². The number of carbonyl (C=O) groups excluding carboxylic acids is 2. The monoisotopic (exact) mass is 349 g/mol. The number of amides is 2. The van der Waals surface area contributed by atoms with Gasteiger partial charge in [-0.2, -0.15) is 5.10 Å². The first-order valence-electron chi connectivity index (χ1n) is 7.25. The Balaban J connectivity index is 0.000000236. The van der Waals surface area contributed by atoms with E-state index in [-0.39, 0.29) is 23.1 Å². The largest absolute Gasteiger partial charge is 0.476 e. The maximum atomic E-state index is 12.0. The number of carboxylic acids is 1. The summed E-state index contributed by atoms with van der Waals surface area (Å²) >= 11 is 0. The number of nitrogens with two attached hydrogens (primary N) is 1. The van der Waals surface area contributed by atoms with Crippen molar-refractivity contribution < 1.29 is 23.9 Å². The predicted molar refractivity (Wildman–Crippen MR) is 86.2 cm³/mol. The molecule has 10 heteroatoms. The van der Waals surface area contributed by atoms with Gasteiger partial charge in [0.25, 0.3) is 0 Å². The summed E-state index contributed by atoms with van der Waals surface area (Å²) in [6.07, 6.45) is 1.98. The highest BCUT2D eigenvalue weighted by molar-refractivity contribution is 6.02. The van der Waals surface area contributed by atoms with Gasteiger partial charge in [0.1, 0.15) is 11.9 Å². The molecule has 1 unspecified atom stereocenters. The van der Waals surface area contributed by atoms with Gasteiger partial charge in [-0.25, -0.2) is 9.18 Å². The van der Waals surface area contributed by atoms with E-state index in [2.05, 4.69) is 20.8 Å². The van der Waals surface area contributed by atoms with Gasteiger partial charge in [-0.15, -0.1) is 0 Å². The second-order valence-corrected chi connectivity index (χ2v) is 5.15. The molecule has 1 aliphatic rings. The van der Waals surface area contributed by atoms with E-state index in [1.54, 1.807) is 0 Å². The van der Waals surface area contributed by atoms with Gasteiger partial charge >= 0.3 is 5.97 Å². The molecular weight excluding hydrogens is 333 g/mol. The van der Waals surface area contributed by atoms with Crippen molar-refractivity contribution in [2.75, 3.05) is 11.1 Å². The van der Waals surface area contributed by atoms with Crippen LogP contribution in [0, 0.1) is 5.82 Å². The topological polar surface area (TPSA) is 150 Å². The molecule has 3 rings (SSSR count). The smallest absolute Gasteiger partial charge is 0.358 e. The second-order valence-electron chi connectivity index (χ2n) is 5.15. The third-order valence-electron chi connectivity index (χ3n) is 3.28. The summed E-state index contributed by atoms with van der Waals surface area (Å²) in [5, 5.41) is 19.5. The molecule has 9 nitrogen and oxygen atoms in total. The second kappa shape index (κ2) is 7.90. The first kappa shape index (κ1) is 17.9. The molecule has 132 valence electrons. The molecule has 6 N–H and O–H groups in total. The third kappa shape index (κ3) is 5.03. The molecule has 1 aliphatic heterocycles. The summed E-state index contributed by atoms with van der Waals surface area (Å²) in [5.41, 5.74) is 5.67. The number of halogens is 1. The summed E-state index contributed by atoms with van der Waals surface area (Å²) in [6, 6.07) is 5.09. The zero-order valence-corrected chi connectivity index (χ0v) is 13.0. The van der Waals surface area contributed by atoms with Gasteiger partial charge in [0.05, 0.1) is 5.69 Å². The average Bonchev–Trinajstić information content (AvgIpc) is 3.20. The number of carboxylic acid groups (broad SMARTS) is 1. The molecular formula is C15H16FN5O4. The lowest BCUT2D eigenvalue weighted by atomic mass is 10.2. The van der Waals surface area contributed by atoms with Gasteiger partial charge in [0.15, 0.2) is 5.69 Å². The number of nitrogens with one attached hydrogen (secondary N) is 3. The predicted octanol–water partition coefficient (Wildman–Crippen LogP) is 0.733. The fourth-order valence-electron chi connectivity index (χ4n) is 2.04. The highest BCUT2D eigenvalue weighted by atomic mass is 19.1. The molecule has 1 aromatic heterocycles. The lowest BCUT2D eigenvalue weighted by Gasteiger charge is -2.09. The van der Waals surface area contributed by atoms with Crippen LogP contribution in [0.1, 0.15) is 23.3 Å². The molecule has 1 fully saturated rings. The van der Waals surface area contributed by atoms with Crippen LogP contribution in [0.4, 0.5) is 15.8 Å². The van der Waals surface area contributed by atoms with Crippen LogP contribution in [-0.2, 0) is 9.59 Å². The van der Waals surface area contributed by atoms with Crippen LogP contribution < -0.4 is 16.4 Å². The van der Waals surface area contributed by atoms with Crippen molar-refractivity contribution in [1.29, 1.82) is 0 Å². The number of aromatic carboxylic acids is 1. The minimum absolute atomic E-state index is 0.0867. The maximum absolute atomic E-state index is 12.0. The van der Waals surface area contributed by atoms with Crippen molar-refractivity contribution in [3.05, 3.63) is 42.0 Å². The third-order valence-corrected chi connectivity index (χ3v) is 3.28. The van der Waals surface area contributed by atoms with E-state index in [0.717, 1.165) is 0 Å². The highest BCUT2D eigenvalue weighted by Gasteiger charge is 2.28. The number of benzene rings is 1. The average molecular weight is 349 g/mol. The number of hydrogen-bond acceptors (Lipinski definition) is 5. The number of aromatic nitrogens is 2. The van der Waals surface area contributed by atoms with Crippen molar-refractivity contribution in [2.45, 2.75) is 18.9 Å². The molecule has 0 aliphatic carbocycles. The number of nitrogen functional groups attached to an aromatic ring is 1. The van der Waals surface area contributed by atoms with Crippen molar-refractivity contribution in [3.63, 3.8) is 0 Å². The standard InChI is InChI=1S/C9H10N4O4.C6H6FN/c14-6-2-1-4(11-6)8(15)12-5-3-10-13-7(5)9(16)17;7-5-1-3-6(8)4-2-5/h3-4H,1-2H2,(H,10,13)(H,11,14)(H,12,15)(H,16,17);1-4H,8H2. The van der Waals surface area contributed by atoms with Crippen LogP contribution in [0.3, 0.4) is 0 Å². The van der Waals surface area contributed by atoms with Gasteiger partial charge in [-0.1, -0.05) is 0 Å². The van der Waals surface area contributed by atoms with Crippen molar-refractivity contribution in [1.82, 2.24) is 15.5 Å². The Morgan fingerprint density at radius 1 is 1.32 bits per heavy atom. The fraction of sp³-hybridized carbons (Fsp3) is 0.200. The first-order chi connectivity index (χ1) is 11.9. The molecule has 0 saturated carbocycles. The maximum Gasteiger partial charge on any atom is 0.358 e. The number of H-pyrrole nitrogens is 1. The highest BCUT2D eigenvalue weighted by Crippen LogP contribution is 2.14. The minimum Gasteiger partial charge on any atom is -0.476 e. The number of aromatic amines is 1. The molecule has 0 spiro atoms. The lowest BCUT2D eigenvalue weighted by Crippen LogP contribution is -2.37. The molecule has 1 saturated heterocycles. The molecule has 1 aromatic carbocycles. The van der Waals surface area contributed by atoms with Gasteiger partial charge < -0.3 is 21.5 Å². The molecule has 2 amide bonds. The number of anilines is 2. The van der Waals surface area contributed by atoms with Crippen LogP contribution >= 0.6 is 0 Å². The normalized spacial score (nSPS) is 15.7. The Morgan fingerprint density at radius 2 is 2.00 bits per heavy atom. The van der Waals surface area contributed by atoms with E-state index in [0.29, 0.717) is 18.5 Å².